The van der Waals surface area contributed by atoms with E-state index in [4.69, 9.17) is 4.74 Å². The summed E-state index contributed by atoms with van der Waals surface area (Å²) in [5.41, 5.74) is 0.662. The summed E-state index contributed by atoms with van der Waals surface area (Å²) in [6.45, 7) is 3.80. The quantitative estimate of drug-likeness (QED) is 0.510. The van der Waals surface area contributed by atoms with E-state index in [0.717, 1.165) is 56.3 Å². The highest BCUT2D eigenvalue weighted by molar-refractivity contribution is 5.96. The summed E-state index contributed by atoms with van der Waals surface area (Å²) >= 11 is 0. The number of carbonyl (C=O) groups is 1. The Hall–Kier alpha value is -1.27. The van der Waals surface area contributed by atoms with Crippen molar-refractivity contribution in [3.63, 3.8) is 0 Å². The second kappa shape index (κ2) is 11.4. The number of piperidine rings is 1. The van der Waals surface area contributed by atoms with Gasteiger partial charge in [-0.15, -0.1) is 12.4 Å². The zero-order chi connectivity index (χ0) is 22.9. The molecule has 5 aliphatic carbocycles. The van der Waals surface area contributed by atoms with Crippen molar-refractivity contribution in [1.82, 2.24) is 20.4 Å². The van der Waals surface area contributed by atoms with Crippen LogP contribution in [0.4, 0.5) is 0 Å². The fraction of sp³-hybridized carbons (Fsp3) is 0.857. The molecule has 6 aliphatic rings. The topological polar surface area (TPSA) is 68.2 Å². The van der Waals surface area contributed by atoms with Gasteiger partial charge in [0.2, 0.25) is 5.88 Å². The van der Waals surface area contributed by atoms with E-state index in [1.807, 2.05) is 4.68 Å². The third-order valence-corrected chi connectivity index (χ3v) is 9.95. The second-order valence-electron chi connectivity index (χ2n) is 12.3. The molecule has 1 aromatic rings. The third-order valence-electron chi connectivity index (χ3n) is 9.95. The van der Waals surface area contributed by atoms with Crippen molar-refractivity contribution in [2.24, 2.45) is 35.5 Å². The Kier molecular flexibility index (Phi) is 8.28. The molecular formula is C28H45ClN4O2. The monoisotopic (exact) mass is 504 g/mol. The molecule has 35 heavy (non-hydrogen) atoms. The molecule has 0 unspecified atom stereocenters. The van der Waals surface area contributed by atoms with Crippen molar-refractivity contribution in [2.75, 3.05) is 19.7 Å². The van der Waals surface area contributed by atoms with E-state index in [9.17, 15) is 4.79 Å². The van der Waals surface area contributed by atoms with E-state index in [0.29, 0.717) is 29.4 Å². The predicted molar refractivity (Wildman–Crippen MR) is 140 cm³/mol. The Morgan fingerprint density at radius 3 is 2.34 bits per heavy atom. The molecule has 196 valence electrons. The molecule has 0 atom stereocenters. The number of carbonyl (C=O) groups excluding carboxylic acids is 1. The fourth-order valence-electron chi connectivity index (χ4n) is 8.26. The van der Waals surface area contributed by atoms with E-state index in [-0.39, 0.29) is 18.3 Å². The number of hydrogen-bond donors (Lipinski definition) is 2. The van der Waals surface area contributed by atoms with E-state index in [1.165, 1.54) is 77.0 Å². The Labute approximate surface area is 217 Å². The molecule has 1 aliphatic heterocycles. The predicted octanol–water partition coefficient (Wildman–Crippen LogP) is 5.21. The molecule has 6 nitrogen and oxygen atoms in total. The van der Waals surface area contributed by atoms with Crippen LogP contribution in [0.1, 0.15) is 93.8 Å². The Morgan fingerprint density at radius 1 is 0.971 bits per heavy atom. The third kappa shape index (κ3) is 5.69. The number of hydrogen-bond acceptors (Lipinski definition) is 4. The van der Waals surface area contributed by atoms with Gasteiger partial charge in [-0.3, -0.25) is 4.79 Å². The van der Waals surface area contributed by atoms with Gasteiger partial charge in [-0.1, -0.05) is 19.3 Å². The van der Waals surface area contributed by atoms with Gasteiger partial charge in [-0.05, 0) is 113 Å². The SMILES string of the molecule is Cl.O=C(NC1C2CC3CC(C2)CC1C3)c1cnn(CCC2CCNCC2)c1OCC1CCCCC1. The van der Waals surface area contributed by atoms with E-state index >= 15 is 0 Å². The first-order valence-corrected chi connectivity index (χ1v) is 14.4. The highest BCUT2D eigenvalue weighted by Crippen LogP contribution is 2.53. The van der Waals surface area contributed by atoms with Gasteiger partial charge in [0.1, 0.15) is 5.56 Å². The van der Waals surface area contributed by atoms with Gasteiger partial charge >= 0.3 is 0 Å². The number of nitrogens with zero attached hydrogens (tertiary/aromatic N) is 2. The summed E-state index contributed by atoms with van der Waals surface area (Å²) in [6.07, 6.45) is 18.5. The lowest BCUT2D eigenvalue weighted by molar-refractivity contribution is -0.0120. The molecule has 7 heteroatoms. The van der Waals surface area contributed by atoms with Crippen LogP contribution in [0.3, 0.4) is 0 Å². The van der Waals surface area contributed by atoms with E-state index in [2.05, 4.69) is 15.7 Å². The molecule has 1 saturated heterocycles. The summed E-state index contributed by atoms with van der Waals surface area (Å²) in [6, 6.07) is 0.351. The number of nitrogens with one attached hydrogen (secondary N) is 2. The Morgan fingerprint density at radius 2 is 1.66 bits per heavy atom. The highest BCUT2D eigenvalue weighted by Gasteiger charge is 2.48. The number of aryl methyl sites for hydroxylation is 1. The molecule has 0 radical (unpaired) electrons. The van der Waals surface area contributed by atoms with Gasteiger partial charge in [0.15, 0.2) is 0 Å². The first-order chi connectivity index (χ1) is 16.7. The maximum Gasteiger partial charge on any atom is 0.258 e. The summed E-state index contributed by atoms with van der Waals surface area (Å²) in [5.74, 6) is 5.32. The van der Waals surface area contributed by atoms with Gasteiger partial charge in [0.25, 0.3) is 5.91 Å². The lowest BCUT2D eigenvalue weighted by Gasteiger charge is -2.54. The molecule has 0 aromatic carbocycles. The highest BCUT2D eigenvalue weighted by atomic mass is 35.5. The van der Waals surface area contributed by atoms with E-state index in [1.54, 1.807) is 6.20 Å². The van der Waals surface area contributed by atoms with E-state index < -0.39 is 0 Å². The van der Waals surface area contributed by atoms with Gasteiger partial charge < -0.3 is 15.4 Å². The standard InChI is InChI=1S/C28H44N4O2.ClH/c33-27(31-26-23-13-21-12-22(15-23)16-24(26)14-21)25-17-30-32(11-8-19-6-9-29-10-7-19)28(25)34-18-20-4-2-1-3-5-20;/h17,19-24,26,29H,1-16,18H2,(H,31,33);1H. The maximum absolute atomic E-state index is 13.6. The van der Waals surface area contributed by atoms with Crippen LogP contribution in [0.2, 0.25) is 0 Å². The average molecular weight is 505 g/mol. The van der Waals surface area contributed by atoms with Crippen molar-refractivity contribution in [3.8, 4) is 5.88 Å². The Bertz CT molecular complexity index is 818. The summed E-state index contributed by atoms with van der Waals surface area (Å²) in [7, 11) is 0. The van der Waals surface area contributed by atoms with Crippen LogP contribution in [0.5, 0.6) is 5.88 Å². The number of rotatable bonds is 8. The van der Waals surface area contributed by atoms with Crippen molar-refractivity contribution in [3.05, 3.63) is 11.8 Å². The minimum absolute atomic E-state index is 0. The second-order valence-corrected chi connectivity index (χ2v) is 12.3. The first-order valence-electron chi connectivity index (χ1n) is 14.4. The van der Waals surface area contributed by atoms with Gasteiger partial charge in [0.05, 0.1) is 12.8 Å². The molecule has 0 spiro atoms. The lowest BCUT2D eigenvalue weighted by Crippen LogP contribution is -2.55. The number of amides is 1. The van der Waals surface area contributed by atoms with Crippen LogP contribution in [-0.2, 0) is 6.54 Å². The van der Waals surface area contributed by atoms with Gasteiger partial charge in [0, 0.05) is 12.6 Å². The fourth-order valence-corrected chi connectivity index (χ4v) is 8.26. The minimum Gasteiger partial charge on any atom is -0.477 e. The Balaban J connectivity index is 0.00000253. The molecule has 2 heterocycles. The summed E-state index contributed by atoms with van der Waals surface area (Å²) in [5, 5.41) is 11.6. The maximum atomic E-state index is 13.6. The van der Waals surface area contributed by atoms with Crippen molar-refractivity contribution in [2.45, 2.75) is 96.1 Å². The first kappa shape index (κ1) is 25.4. The normalized spacial score (nSPS) is 32.9. The van der Waals surface area contributed by atoms with Gasteiger partial charge in [-0.25, -0.2) is 4.68 Å². The van der Waals surface area contributed by atoms with Crippen molar-refractivity contribution < 1.29 is 9.53 Å². The summed E-state index contributed by atoms with van der Waals surface area (Å²) in [4.78, 5) is 13.6. The summed E-state index contributed by atoms with van der Waals surface area (Å²) < 4.78 is 8.44. The van der Waals surface area contributed by atoms with Crippen LogP contribution in [0, 0.1) is 35.5 Å². The molecule has 2 N–H and O–H groups in total. The zero-order valence-electron chi connectivity index (χ0n) is 21.3. The minimum atomic E-state index is 0. The molecule has 1 aromatic heterocycles. The van der Waals surface area contributed by atoms with Crippen molar-refractivity contribution in [1.29, 1.82) is 0 Å². The van der Waals surface area contributed by atoms with Gasteiger partial charge in [-0.2, -0.15) is 5.10 Å². The zero-order valence-corrected chi connectivity index (χ0v) is 22.1. The van der Waals surface area contributed by atoms with Crippen molar-refractivity contribution >= 4 is 18.3 Å². The number of halogens is 1. The molecule has 4 bridgehead atoms. The van der Waals surface area contributed by atoms with Crippen LogP contribution in [-0.4, -0.2) is 41.4 Å². The lowest BCUT2D eigenvalue weighted by atomic mass is 9.54. The smallest absolute Gasteiger partial charge is 0.258 e. The van der Waals surface area contributed by atoms with Crippen LogP contribution in [0.25, 0.3) is 0 Å². The molecule has 1 amide bonds. The molecule has 7 rings (SSSR count). The number of ether oxygens (including phenoxy) is 1. The number of aromatic nitrogens is 2. The van der Waals surface area contributed by atoms with Crippen LogP contribution < -0.4 is 15.4 Å². The molecule has 5 saturated carbocycles. The van der Waals surface area contributed by atoms with Crippen LogP contribution >= 0.6 is 12.4 Å². The largest absolute Gasteiger partial charge is 0.477 e. The molecular weight excluding hydrogens is 460 g/mol. The molecule has 6 fully saturated rings. The van der Waals surface area contributed by atoms with Crippen LogP contribution in [0.15, 0.2) is 6.20 Å². The average Bonchev–Trinajstić information content (AvgIpc) is 3.27.